The molecule has 0 aliphatic heterocycles. The van der Waals surface area contributed by atoms with Gasteiger partial charge in [-0.25, -0.2) is 4.39 Å². The van der Waals surface area contributed by atoms with Gasteiger partial charge in [-0.15, -0.1) is 0 Å². The molecular formula is C11H11BrFN3O. The molecule has 1 aromatic carbocycles. The van der Waals surface area contributed by atoms with E-state index in [1.165, 1.54) is 0 Å². The van der Waals surface area contributed by atoms with E-state index in [0.717, 1.165) is 6.54 Å². The van der Waals surface area contributed by atoms with Crippen molar-refractivity contribution in [2.45, 2.75) is 6.42 Å². The average Bonchev–Trinajstić information content (AvgIpc) is 2.78. The first kappa shape index (κ1) is 12.2. The molecule has 0 atom stereocenters. The van der Waals surface area contributed by atoms with Crippen LogP contribution in [-0.2, 0) is 6.42 Å². The Morgan fingerprint density at radius 1 is 1.47 bits per heavy atom. The lowest BCUT2D eigenvalue weighted by Gasteiger charge is -1.98. The van der Waals surface area contributed by atoms with Gasteiger partial charge in [0.05, 0.1) is 10.0 Å². The highest BCUT2D eigenvalue weighted by Crippen LogP contribution is 2.26. The summed E-state index contributed by atoms with van der Waals surface area (Å²) in [4.78, 5) is 4.14. The summed E-state index contributed by atoms with van der Waals surface area (Å²) in [5.41, 5.74) is 0.308. The number of benzene rings is 1. The highest BCUT2D eigenvalue weighted by Gasteiger charge is 2.14. The van der Waals surface area contributed by atoms with E-state index in [0.29, 0.717) is 22.3 Å². The molecule has 1 heterocycles. The van der Waals surface area contributed by atoms with Crippen molar-refractivity contribution in [3.8, 4) is 11.5 Å². The summed E-state index contributed by atoms with van der Waals surface area (Å²) >= 11 is 3.12. The molecule has 0 amide bonds. The fourth-order valence-electron chi connectivity index (χ4n) is 1.37. The number of aromatic nitrogens is 2. The van der Waals surface area contributed by atoms with Crippen LogP contribution >= 0.6 is 15.9 Å². The number of halogens is 2. The van der Waals surface area contributed by atoms with E-state index in [4.69, 9.17) is 4.52 Å². The smallest absolute Gasteiger partial charge is 0.260 e. The molecule has 0 aliphatic rings. The van der Waals surface area contributed by atoms with Crippen LogP contribution in [0, 0.1) is 5.82 Å². The van der Waals surface area contributed by atoms with Crippen molar-refractivity contribution in [1.29, 1.82) is 0 Å². The predicted molar refractivity (Wildman–Crippen MR) is 65.0 cm³/mol. The molecule has 2 rings (SSSR count). The summed E-state index contributed by atoms with van der Waals surface area (Å²) in [6, 6.07) is 4.95. The third kappa shape index (κ3) is 2.70. The van der Waals surface area contributed by atoms with Crippen molar-refractivity contribution in [2.24, 2.45) is 0 Å². The quantitative estimate of drug-likeness (QED) is 0.942. The summed E-state index contributed by atoms with van der Waals surface area (Å²) in [7, 11) is 1.84. The number of likely N-dealkylation sites (N-methyl/N-ethyl adjacent to an activating group) is 1. The zero-order valence-electron chi connectivity index (χ0n) is 9.20. The molecule has 2 aromatic rings. The third-order valence-corrected chi connectivity index (χ3v) is 2.86. The predicted octanol–water partition coefficient (Wildman–Crippen LogP) is 2.40. The van der Waals surface area contributed by atoms with Gasteiger partial charge in [0.2, 0.25) is 0 Å². The molecule has 0 saturated carbocycles. The first-order valence-corrected chi connectivity index (χ1v) is 5.93. The Morgan fingerprint density at radius 3 is 3.06 bits per heavy atom. The number of rotatable bonds is 4. The maximum Gasteiger partial charge on any atom is 0.260 e. The molecule has 90 valence electrons. The molecule has 0 bridgehead atoms. The van der Waals surface area contributed by atoms with Gasteiger partial charge in [-0.05, 0) is 35.1 Å². The van der Waals surface area contributed by atoms with Gasteiger partial charge in [0.25, 0.3) is 5.89 Å². The number of nitrogens with zero attached hydrogens (tertiary/aromatic N) is 2. The third-order valence-electron chi connectivity index (χ3n) is 2.25. The van der Waals surface area contributed by atoms with E-state index in [1.54, 1.807) is 18.2 Å². The Balaban J connectivity index is 2.27. The van der Waals surface area contributed by atoms with E-state index < -0.39 is 5.82 Å². The molecule has 0 saturated heterocycles. The van der Waals surface area contributed by atoms with Crippen molar-refractivity contribution >= 4 is 15.9 Å². The second-order valence-electron chi connectivity index (χ2n) is 3.47. The van der Waals surface area contributed by atoms with Crippen LogP contribution in [0.1, 0.15) is 5.82 Å². The van der Waals surface area contributed by atoms with Gasteiger partial charge in [0.1, 0.15) is 5.82 Å². The van der Waals surface area contributed by atoms with Gasteiger partial charge >= 0.3 is 0 Å². The molecule has 4 nitrogen and oxygen atoms in total. The van der Waals surface area contributed by atoms with E-state index >= 15 is 0 Å². The minimum atomic E-state index is -0.392. The topological polar surface area (TPSA) is 51.0 Å². The lowest BCUT2D eigenvalue weighted by Crippen LogP contribution is -2.11. The van der Waals surface area contributed by atoms with E-state index in [1.807, 2.05) is 7.05 Å². The van der Waals surface area contributed by atoms with Gasteiger partial charge in [-0.2, -0.15) is 4.98 Å². The van der Waals surface area contributed by atoms with Gasteiger partial charge in [0.15, 0.2) is 5.82 Å². The first-order valence-electron chi connectivity index (χ1n) is 5.14. The molecule has 0 spiro atoms. The Morgan fingerprint density at radius 2 is 2.29 bits per heavy atom. The molecule has 1 aromatic heterocycles. The number of nitrogens with one attached hydrogen (secondary N) is 1. The van der Waals surface area contributed by atoms with Crippen molar-refractivity contribution in [3.05, 3.63) is 34.3 Å². The van der Waals surface area contributed by atoms with Crippen LogP contribution in [0.4, 0.5) is 4.39 Å². The monoisotopic (exact) mass is 299 g/mol. The first-order chi connectivity index (χ1) is 8.22. The molecule has 0 unspecified atom stereocenters. The fraction of sp³-hybridized carbons (Fsp3) is 0.273. The highest BCUT2D eigenvalue weighted by molar-refractivity contribution is 9.10. The second kappa shape index (κ2) is 5.37. The van der Waals surface area contributed by atoms with Crippen LogP contribution in [0.25, 0.3) is 11.5 Å². The zero-order chi connectivity index (χ0) is 12.3. The normalized spacial score (nSPS) is 10.8. The molecule has 0 aliphatic carbocycles. The van der Waals surface area contributed by atoms with E-state index in [9.17, 15) is 4.39 Å². The lowest BCUT2D eigenvalue weighted by molar-refractivity contribution is 0.419. The summed E-state index contributed by atoms with van der Waals surface area (Å²) in [5.74, 6) is 0.375. The number of hydrogen-bond acceptors (Lipinski definition) is 4. The maximum atomic E-state index is 13.8. The Kier molecular flexibility index (Phi) is 3.86. The summed E-state index contributed by atoms with van der Waals surface area (Å²) in [6.45, 7) is 0.750. The molecule has 6 heteroatoms. The lowest BCUT2D eigenvalue weighted by atomic mass is 10.2. The van der Waals surface area contributed by atoms with Crippen LogP contribution in [0.15, 0.2) is 27.2 Å². The fourth-order valence-corrected chi connectivity index (χ4v) is 1.74. The summed E-state index contributed by atoms with van der Waals surface area (Å²) in [5, 5.41) is 6.78. The summed E-state index contributed by atoms with van der Waals surface area (Å²) < 4.78 is 19.2. The van der Waals surface area contributed by atoms with E-state index in [2.05, 4.69) is 31.4 Å². The standard InChI is InChI=1S/C11H11BrFN3O/c1-14-6-5-9-15-11(17-16-9)7-3-2-4-8(12)10(7)13/h2-4,14H,5-6H2,1H3. The largest absolute Gasteiger partial charge is 0.334 e. The zero-order valence-corrected chi connectivity index (χ0v) is 10.8. The Labute approximate surface area is 106 Å². The molecule has 1 N–H and O–H groups in total. The van der Waals surface area contributed by atoms with Crippen LogP contribution in [0.3, 0.4) is 0 Å². The van der Waals surface area contributed by atoms with Gasteiger partial charge in [-0.1, -0.05) is 11.2 Å². The van der Waals surface area contributed by atoms with Crippen molar-refractivity contribution < 1.29 is 8.91 Å². The van der Waals surface area contributed by atoms with Crippen LogP contribution in [0.2, 0.25) is 0 Å². The van der Waals surface area contributed by atoms with Crippen LogP contribution in [-0.4, -0.2) is 23.7 Å². The molecule has 0 radical (unpaired) electrons. The molecular weight excluding hydrogens is 289 g/mol. The van der Waals surface area contributed by atoms with Crippen LogP contribution in [0.5, 0.6) is 0 Å². The minimum Gasteiger partial charge on any atom is -0.334 e. The van der Waals surface area contributed by atoms with Crippen LogP contribution < -0.4 is 5.32 Å². The second-order valence-corrected chi connectivity index (χ2v) is 4.33. The Hall–Kier alpha value is -1.27. The van der Waals surface area contributed by atoms with Crippen molar-refractivity contribution in [3.63, 3.8) is 0 Å². The average molecular weight is 300 g/mol. The molecule has 17 heavy (non-hydrogen) atoms. The minimum absolute atomic E-state index is 0.204. The highest BCUT2D eigenvalue weighted by atomic mass is 79.9. The van der Waals surface area contributed by atoms with Gasteiger partial charge < -0.3 is 9.84 Å². The van der Waals surface area contributed by atoms with E-state index in [-0.39, 0.29) is 5.89 Å². The van der Waals surface area contributed by atoms with Gasteiger partial charge in [-0.3, -0.25) is 0 Å². The Bertz CT molecular complexity index is 515. The van der Waals surface area contributed by atoms with Crippen molar-refractivity contribution in [1.82, 2.24) is 15.5 Å². The number of hydrogen-bond donors (Lipinski definition) is 1. The summed E-state index contributed by atoms with van der Waals surface area (Å²) in [6.07, 6.45) is 0.648. The van der Waals surface area contributed by atoms with Crippen molar-refractivity contribution in [2.75, 3.05) is 13.6 Å². The SMILES string of the molecule is CNCCc1noc(-c2cccc(Br)c2F)n1. The van der Waals surface area contributed by atoms with Gasteiger partial charge in [0, 0.05) is 13.0 Å². The molecule has 0 fully saturated rings. The maximum absolute atomic E-state index is 13.8.